The number of carbonyl (C=O) groups is 3. The van der Waals surface area contributed by atoms with E-state index < -0.39 is 93.4 Å². The summed E-state index contributed by atoms with van der Waals surface area (Å²) in [6.45, 7) is 0.436. The van der Waals surface area contributed by atoms with Gasteiger partial charge in [-0.15, -0.1) is 0 Å². The Morgan fingerprint density at radius 3 is 1.32 bits per heavy atom. The maximum absolute atomic E-state index is 13.5. The summed E-state index contributed by atoms with van der Waals surface area (Å²) in [6, 6.07) is 0. The van der Waals surface area contributed by atoms with E-state index in [1.165, 1.54) is 0 Å². The maximum Gasteiger partial charge on any atom is 0.258 e. The number of azide groups is 2. The summed E-state index contributed by atoms with van der Waals surface area (Å²) in [7, 11) is 0. The van der Waals surface area contributed by atoms with Crippen LogP contribution in [0.5, 0.6) is 0 Å². The molecule has 0 atom stereocenters. The third-order valence-electron chi connectivity index (χ3n) is 4.24. The van der Waals surface area contributed by atoms with Crippen LogP contribution in [0.25, 0.3) is 20.9 Å². The Kier molecular flexibility index (Phi) is 12.1. The van der Waals surface area contributed by atoms with E-state index in [1.807, 2.05) is 20.5 Å². The van der Waals surface area contributed by atoms with E-state index >= 15 is 0 Å². The van der Waals surface area contributed by atoms with Gasteiger partial charge in [-0.2, -0.15) is 0 Å². The first-order chi connectivity index (χ1) is 18.8. The summed E-state index contributed by atoms with van der Waals surface area (Å²) in [5.74, 6) is -19.3. The molecular weight excluding hydrogens is 568 g/mol. The van der Waals surface area contributed by atoms with Crippen LogP contribution in [-0.4, -0.2) is 37.5 Å². The van der Waals surface area contributed by atoms with Crippen molar-refractivity contribution in [1.82, 2.24) is 16.0 Å². The molecule has 0 aromatic heterocycles. The van der Waals surface area contributed by atoms with E-state index in [0.29, 0.717) is 0 Å². The molecule has 2 aromatic carbocycles. The summed E-state index contributed by atoms with van der Waals surface area (Å²) < 4.78 is 107. The second-order valence-corrected chi connectivity index (χ2v) is 6.80. The first kappa shape index (κ1) is 32.9. The zero-order valence-electron chi connectivity index (χ0n) is 19.6. The van der Waals surface area contributed by atoms with Gasteiger partial charge in [0.1, 0.15) is 22.5 Å². The van der Waals surface area contributed by atoms with Crippen LogP contribution in [0.4, 0.5) is 46.5 Å². The third-order valence-corrected chi connectivity index (χ3v) is 4.24. The molecule has 0 aliphatic heterocycles. The largest absolute Gasteiger partial charge is 0.351 e. The molecule has 0 unspecified atom stereocenters. The lowest BCUT2D eigenvalue weighted by molar-refractivity contribution is -0.119. The number of nitrogens with one attached hydrogen (secondary N) is 3. The van der Waals surface area contributed by atoms with Crippen molar-refractivity contribution in [2.45, 2.75) is 6.92 Å². The van der Waals surface area contributed by atoms with Gasteiger partial charge >= 0.3 is 0 Å². The van der Waals surface area contributed by atoms with Crippen LogP contribution in [0.2, 0.25) is 0 Å². The second kappa shape index (κ2) is 14.7. The summed E-state index contributed by atoms with van der Waals surface area (Å²) in [4.78, 5) is 37.4. The van der Waals surface area contributed by atoms with Gasteiger partial charge in [0.25, 0.3) is 11.8 Å². The molecule has 0 aliphatic rings. The third kappa shape index (κ3) is 7.47. The Balaban J connectivity index is 0.000000402. The van der Waals surface area contributed by atoms with Gasteiger partial charge in [-0.3, -0.25) is 14.4 Å². The van der Waals surface area contributed by atoms with Gasteiger partial charge in [-0.05, 0) is 11.1 Å². The number of amides is 3. The number of benzene rings is 2. The fraction of sp³-hybridized carbons (Fsp3) is 0.211. The zero-order chi connectivity index (χ0) is 30.7. The predicted octanol–water partition coefficient (Wildman–Crippen LogP) is 3.88. The smallest absolute Gasteiger partial charge is 0.258 e. The van der Waals surface area contributed by atoms with Crippen LogP contribution in [0.3, 0.4) is 0 Å². The minimum Gasteiger partial charge on any atom is -0.351 e. The fourth-order valence-corrected chi connectivity index (χ4v) is 2.52. The molecule has 3 amide bonds. The molecule has 2 rings (SSSR count). The molecule has 214 valence electrons. The zero-order valence-corrected chi connectivity index (χ0v) is 19.6. The molecule has 0 aliphatic carbocycles. The van der Waals surface area contributed by atoms with Gasteiger partial charge < -0.3 is 21.7 Å². The van der Waals surface area contributed by atoms with E-state index in [4.69, 9.17) is 16.8 Å². The highest BCUT2D eigenvalue weighted by Gasteiger charge is 2.30. The molecule has 0 radical (unpaired) electrons. The van der Waals surface area contributed by atoms with Crippen molar-refractivity contribution in [1.29, 1.82) is 0 Å². The highest BCUT2D eigenvalue weighted by Crippen LogP contribution is 2.31. The van der Waals surface area contributed by atoms with Crippen molar-refractivity contribution < 1.29 is 49.5 Å². The first-order valence-electron chi connectivity index (χ1n) is 10.1. The molecule has 40 heavy (non-hydrogen) atoms. The molecule has 13 nitrogen and oxygen atoms in total. The van der Waals surface area contributed by atoms with Crippen molar-refractivity contribution >= 4 is 29.1 Å². The molecule has 0 spiro atoms. The minimum atomic E-state index is -2.02. The Morgan fingerprint density at radius 1 is 0.675 bits per heavy atom. The Morgan fingerprint density at radius 2 is 1.02 bits per heavy atom. The molecule has 0 saturated carbocycles. The summed E-state index contributed by atoms with van der Waals surface area (Å²) in [5.41, 5.74) is 15.2. The molecule has 0 heterocycles. The van der Waals surface area contributed by atoms with Crippen LogP contribution >= 0.6 is 0 Å². The Hall–Kier alpha value is -5.13. The molecule has 0 bridgehead atoms. The number of halogens is 8. The Bertz CT molecular complexity index is 1380. The summed E-state index contributed by atoms with van der Waals surface area (Å²) >= 11 is 0. The fourth-order valence-electron chi connectivity index (χ4n) is 2.52. The monoisotopic (exact) mass is 582 g/mol. The number of rotatable bonds is 8. The number of nitrogens with zero attached hydrogens (tertiary/aromatic N) is 6. The lowest BCUT2D eigenvalue weighted by Gasteiger charge is -2.10. The maximum atomic E-state index is 13.5. The van der Waals surface area contributed by atoms with E-state index in [-0.39, 0.29) is 13.1 Å². The topological polar surface area (TPSA) is 211 Å². The molecule has 0 saturated heterocycles. The van der Waals surface area contributed by atoms with Crippen LogP contribution in [-0.2, 0) is 4.79 Å². The van der Waals surface area contributed by atoms with E-state index in [0.717, 1.165) is 6.92 Å². The van der Waals surface area contributed by atoms with E-state index in [1.54, 1.807) is 0 Å². The summed E-state index contributed by atoms with van der Waals surface area (Å²) in [6.07, 6.45) is 0. The second-order valence-electron chi connectivity index (χ2n) is 6.80. The average molecular weight is 582 g/mol. The van der Waals surface area contributed by atoms with Gasteiger partial charge in [-0.25, -0.2) is 35.1 Å². The number of hydrogen-bond acceptors (Lipinski definition) is 6. The molecule has 5 N–H and O–H groups in total. The van der Waals surface area contributed by atoms with Crippen molar-refractivity contribution in [2.75, 3.05) is 19.8 Å². The van der Waals surface area contributed by atoms with Gasteiger partial charge in [-0.1, -0.05) is 10.2 Å². The van der Waals surface area contributed by atoms with Crippen molar-refractivity contribution in [3.63, 3.8) is 0 Å². The van der Waals surface area contributed by atoms with Crippen LogP contribution in [0.1, 0.15) is 27.6 Å². The van der Waals surface area contributed by atoms with Gasteiger partial charge in [0.05, 0.1) is 6.67 Å². The lowest BCUT2D eigenvalue weighted by Crippen LogP contribution is -2.37. The quantitative estimate of drug-likeness (QED) is 0.0911. The molecular formula is C19H14F8N10O3. The van der Waals surface area contributed by atoms with Crippen LogP contribution in [0.15, 0.2) is 10.2 Å². The molecule has 2 aromatic rings. The number of carbonyl (C=O) groups excluding carboxylic acids is 3. The number of nitrogens with two attached hydrogens (primary N) is 1. The highest BCUT2D eigenvalue weighted by atomic mass is 19.2. The highest BCUT2D eigenvalue weighted by molar-refractivity contribution is 5.96. The van der Waals surface area contributed by atoms with Crippen LogP contribution in [0, 0.1) is 46.5 Å². The molecule has 21 heteroatoms. The van der Waals surface area contributed by atoms with Gasteiger partial charge in [0.15, 0.2) is 46.5 Å². The van der Waals surface area contributed by atoms with Crippen molar-refractivity contribution in [2.24, 2.45) is 16.0 Å². The normalized spacial score (nSPS) is 9.85. The standard InChI is InChI=1S/C10H7F4N5O2.C9H7F4N5O/c1-3(20)16-2-17-10(21)4-5(11)7(13)9(18-19-15)8(14)6(4)12;10-4-3(9(19)16-2-1-14)5(11)7(13)8(6(4)12)17-18-15/h2H2,1H3,(H,16,20)(H,17,21);1-2,14H2,(H,16,19). The van der Waals surface area contributed by atoms with Crippen molar-refractivity contribution in [3.05, 3.63) is 78.6 Å². The van der Waals surface area contributed by atoms with Crippen molar-refractivity contribution in [3.8, 4) is 0 Å². The summed E-state index contributed by atoms with van der Waals surface area (Å²) in [5, 5.41) is 10.8. The first-order valence-corrected chi connectivity index (χ1v) is 10.1. The van der Waals surface area contributed by atoms with Gasteiger partial charge in [0.2, 0.25) is 5.91 Å². The minimum absolute atomic E-state index is 0.0310. The predicted molar refractivity (Wildman–Crippen MR) is 118 cm³/mol. The van der Waals surface area contributed by atoms with Crippen LogP contribution < -0.4 is 21.7 Å². The SMILES string of the molecule is CC(=O)NCNC(=O)c1c(F)c(F)c(N=[N+]=[N-])c(F)c1F.[N-]=[N+]=Nc1c(F)c(F)c(C(=O)NCCN)c(F)c1F. The number of hydrogen-bond donors (Lipinski definition) is 4. The average Bonchev–Trinajstić information content (AvgIpc) is 2.90. The van der Waals surface area contributed by atoms with E-state index in [9.17, 15) is 49.5 Å². The lowest BCUT2D eigenvalue weighted by atomic mass is 10.1. The van der Waals surface area contributed by atoms with Gasteiger partial charge in [0, 0.05) is 29.8 Å². The molecule has 0 fully saturated rings. The Labute approximate surface area is 216 Å². The van der Waals surface area contributed by atoms with E-state index in [2.05, 4.69) is 15.5 Å².